The Labute approximate surface area is 176 Å². The Hall–Kier alpha value is -3.31. The van der Waals surface area contributed by atoms with Crippen LogP contribution in [0, 0.1) is 11.3 Å². The number of piperidine rings is 1. The fourth-order valence-corrected chi connectivity index (χ4v) is 4.13. The molecule has 0 unspecified atom stereocenters. The van der Waals surface area contributed by atoms with Crippen LogP contribution in [0.2, 0.25) is 0 Å². The van der Waals surface area contributed by atoms with E-state index in [1.807, 2.05) is 33.7 Å². The summed E-state index contributed by atoms with van der Waals surface area (Å²) in [6, 6.07) is 4.28. The maximum absolute atomic E-state index is 9.50. The summed E-state index contributed by atoms with van der Waals surface area (Å²) < 4.78 is 3.93. The van der Waals surface area contributed by atoms with Crippen molar-refractivity contribution in [2.75, 3.05) is 26.7 Å². The molecular weight excluding hydrogens is 376 g/mol. The highest BCUT2D eigenvalue weighted by atomic mass is 15.3. The van der Waals surface area contributed by atoms with E-state index in [0.29, 0.717) is 6.42 Å². The lowest BCUT2D eigenvalue weighted by Crippen LogP contribution is -2.46. The molecular formula is C22H26N8. The Bertz CT molecular complexity index is 1120. The van der Waals surface area contributed by atoms with Crippen LogP contribution in [0.4, 0.5) is 0 Å². The normalized spacial score (nSPS) is 16.8. The van der Waals surface area contributed by atoms with E-state index in [1.54, 1.807) is 19.5 Å². The third-order valence-corrected chi connectivity index (χ3v) is 5.97. The summed E-state index contributed by atoms with van der Waals surface area (Å²) in [5.41, 5.74) is 2.85. The molecule has 1 aliphatic rings. The largest absolute Gasteiger partial charge is 0.303 e. The minimum atomic E-state index is -0.275. The lowest BCUT2D eigenvalue weighted by Gasteiger charge is -2.40. The number of nitriles is 1. The number of nitrogens with zero attached hydrogens (tertiary/aromatic N) is 8. The molecule has 0 spiro atoms. The third-order valence-electron chi connectivity index (χ3n) is 5.97. The van der Waals surface area contributed by atoms with Gasteiger partial charge in [-0.3, -0.25) is 14.1 Å². The van der Waals surface area contributed by atoms with Crippen LogP contribution in [0.3, 0.4) is 0 Å². The van der Waals surface area contributed by atoms with Gasteiger partial charge in [0.05, 0.1) is 35.5 Å². The first-order chi connectivity index (χ1) is 14.6. The summed E-state index contributed by atoms with van der Waals surface area (Å²) in [5, 5.41) is 14.2. The second-order valence-corrected chi connectivity index (χ2v) is 7.70. The quantitative estimate of drug-likeness (QED) is 0.592. The molecule has 0 saturated carbocycles. The second-order valence-electron chi connectivity index (χ2n) is 7.70. The minimum Gasteiger partial charge on any atom is -0.303 e. The minimum absolute atomic E-state index is 0.275. The molecule has 3 aromatic heterocycles. The fourth-order valence-electron chi connectivity index (χ4n) is 4.13. The van der Waals surface area contributed by atoms with Gasteiger partial charge < -0.3 is 4.90 Å². The fraction of sp³-hybridized carbons (Fsp3) is 0.409. The molecule has 8 nitrogen and oxygen atoms in total. The molecule has 0 amide bonds. The molecule has 4 rings (SSSR count). The maximum atomic E-state index is 9.50. The highest BCUT2D eigenvalue weighted by Gasteiger charge is 2.37. The van der Waals surface area contributed by atoms with Gasteiger partial charge in [0, 0.05) is 56.6 Å². The summed E-state index contributed by atoms with van der Waals surface area (Å²) >= 11 is 0. The van der Waals surface area contributed by atoms with Gasteiger partial charge in [0.25, 0.3) is 0 Å². The van der Waals surface area contributed by atoms with Crippen molar-refractivity contribution in [3.05, 3.63) is 43.1 Å². The second kappa shape index (κ2) is 8.20. The summed E-state index contributed by atoms with van der Waals surface area (Å²) in [5.74, 6) is 0.745. The lowest BCUT2D eigenvalue weighted by atomic mass is 9.85. The van der Waals surface area contributed by atoms with Crippen LogP contribution >= 0.6 is 0 Å². The monoisotopic (exact) mass is 402 g/mol. The molecule has 8 heteroatoms. The average molecular weight is 403 g/mol. The molecule has 0 aromatic carbocycles. The molecule has 0 radical (unpaired) electrons. The van der Waals surface area contributed by atoms with Crippen molar-refractivity contribution in [1.82, 2.24) is 29.0 Å². The summed E-state index contributed by atoms with van der Waals surface area (Å²) in [6.45, 7) is 9.22. The molecule has 4 heterocycles. The van der Waals surface area contributed by atoms with Crippen molar-refractivity contribution < 1.29 is 0 Å². The molecule has 3 aromatic rings. The highest BCUT2D eigenvalue weighted by Crippen LogP contribution is 2.34. The van der Waals surface area contributed by atoms with Crippen LogP contribution in [0.1, 0.15) is 31.9 Å². The third kappa shape index (κ3) is 3.53. The number of likely N-dealkylation sites (tertiary alicyclic amines) is 1. The number of aromatic nitrogens is 5. The van der Waals surface area contributed by atoms with Gasteiger partial charge in [0.15, 0.2) is 0 Å². The van der Waals surface area contributed by atoms with Gasteiger partial charge in [-0.15, -0.1) is 0 Å². The van der Waals surface area contributed by atoms with E-state index in [0.717, 1.165) is 60.8 Å². The van der Waals surface area contributed by atoms with E-state index in [4.69, 9.17) is 4.98 Å². The molecule has 0 aliphatic carbocycles. The summed E-state index contributed by atoms with van der Waals surface area (Å²) in [7, 11) is 1.71. The van der Waals surface area contributed by atoms with E-state index in [9.17, 15) is 5.26 Å². The number of allylic oxidation sites excluding steroid dienone is 1. The molecule has 30 heavy (non-hydrogen) atoms. The molecule has 154 valence electrons. The maximum Gasteiger partial charge on any atom is 0.149 e. The Morgan fingerprint density at radius 1 is 1.40 bits per heavy atom. The predicted octanol–water partition coefficient (Wildman–Crippen LogP) is 3.03. The topological polar surface area (TPSA) is 87.4 Å². The van der Waals surface area contributed by atoms with E-state index < -0.39 is 0 Å². The smallest absolute Gasteiger partial charge is 0.149 e. The van der Waals surface area contributed by atoms with Gasteiger partial charge in [-0.1, -0.05) is 13.5 Å². The van der Waals surface area contributed by atoms with Gasteiger partial charge >= 0.3 is 0 Å². The number of imidazole rings is 1. The van der Waals surface area contributed by atoms with Gasteiger partial charge in [-0.05, 0) is 19.4 Å². The van der Waals surface area contributed by atoms with Gasteiger partial charge in [0.1, 0.15) is 11.5 Å². The molecule has 1 aliphatic heterocycles. The Balaban J connectivity index is 1.75. The van der Waals surface area contributed by atoms with Gasteiger partial charge in [-0.25, -0.2) is 9.97 Å². The average Bonchev–Trinajstić information content (AvgIpc) is 3.44. The first kappa shape index (κ1) is 20.0. The van der Waals surface area contributed by atoms with Crippen LogP contribution in [0.15, 0.2) is 42.4 Å². The van der Waals surface area contributed by atoms with E-state index >= 15 is 0 Å². The Kier molecular flexibility index (Phi) is 5.46. The van der Waals surface area contributed by atoms with Gasteiger partial charge in [0.2, 0.25) is 0 Å². The number of hydrogen-bond acceptors (Lipinski definition) is 6. The molecule has 0 atom stereocenters. The van der Waals surface area contributed by atoms with Crippen LogP contribution in [-0.4, -0.2) is 61.9 Å². The van der Waals surface area contributed by atoms with E-state index in [1.165, 1.54) is 0 Å². The van der Waals surface area contributed by atoms with Crippen molar-refractivity contribution in [3.8, 4) is 17.5 Å². The van der Waals surface area contributed by atoms with Crippen molar-refractivity contribution in [2.24, 2.45) is 4.99 Å². The van der Waals surface area contributed by atoms with Crippen LogP contribution in [0.5, 0.6) is 0 Å². The molecule has 0 N–H and O–H groups in total. The number of fused-ring (bicyclic) bond motifs is 1. The summed E-state index contributed by atoms with van der Waals surface area (Å²) in [4.78, 5) is 15.7. The zero-order valence-corrected chi connectivity index (χ0v) is 17.5. The van der Waals surface area contributed by atoms with Crippen molar-refractivity contribution in [2.45, 2.75) is 31.7 Å². The first-order valence-electron chi connectivity index (χ1n) is 10.2. The number of hydrogen-bond donors (Lipinski definition) is 0. The van der Waals surface area contributed by atoms with E-state index in [2.05, 4.69) is 39.5 Å². The Morgan fingerprint density at radius 3 is 2.90 bits per heavy atom. The van der Waals surface area contributed by atoms with Crippen molar-refractivity contribution >= 4 is 17.4 Å². The standard InChI is InChI=1S/C22H26N8/c1-4-28-10-6-22(5-8-23,7-11-28)30-16-18(15-26-30)21-27-19(17(2)14-24-3)13-20-25-9-12-29(20)21/h9,12-16H,2,4-7,10-11H2,1,3H3/b24-14-. The predicted molar refractivity (Wildman–Crippen MR) is 117 cm³/mol. The zero-order chi connectivity index (χ0) is 21.1. The zero-order valence-electron chi connectivity index (χ0n) is 17.5. The first-order valence-corrected chi connectivity index (χ1v) is 10.2. The summed E-state index contributed by atoms with van der Waals surface area (Å²) in [6.07, 6.45) is 11.4. The van der Waals surface area contributed by atoms with Crippen molar-refractivity contribution in [3.63, 3.8) is 0 Å². The number of rotatable bonds is 6. The van der Waals surface area contributed by atoms with Crippen LogP contribution < -0.4 is 0 Å². The molecule has 1 saturated heterocycles. The number of aliphatic imine (C=N–C) groups is 1. The highest BCUT2D eigenvalue weighted by molar-refractivity contribution is 6.08. The Morgan fingerprint density at radius 2 is 2.20 bits per heavy atom. The molecule has 0 bridgehead atoms. The van der Waals surface area contributed by atoms with Gasteiger partial charge in [-0.2, -0.15) is 10.4 Å². The lowest BCUT2D eigenvalue weighted by molar-refractivity contribution is 0.106. The van der Waals surface area contributed by atoms with Crippen LogP contribution in [0.25, 0.3) is 22.6 Å². The molecule has 1 fully saturated rings. The van der Waals surface area contributed by atoms with E-state index in [-0.39, 0.29) is 5.54 Å². The van der Waals surface area contributed by atoms with Crippen molar-refractivity contribution in [1.29, 1.82) is 5.26 Å². The van der Waals surface area contributed by atoms with Crippen LogP contribution in [-0.2, 0) is 5.54 Å². The SMILES string of the molecule is C=C(/C=N\C)c1cc2nccn2c(-c2cnn(C3(CC#N)CCN(CC)CC3)c2)n1.